The molecule has 0 aromatic heterocycles. The van der Waals surface area contributed by atoms with Crippen LogP contribution >= 0.6 is 0 Å². The summed E-state index contributed by atoms with van der Waals surface area (Å²) >= 11 is 0. The number of aliphatic hydroxyl groups excluding tert-OH is 7. The summed E-state index contributed by atoms with van der Waals surface area (Å²) in [5, 5.41) is 69.6. The van der Waals surface area contributed by atoms with Crippen molar-refractivity contribution in [1.82, 2.24) is 0 Å². The monoisotopic (exact) mass is 432 g/mol. The Morgan fingerprint density at radius 3 is 2.10 bits per heavy atom. The maximum absolute atomic E-state index is 10.2. The Hall–Kier alpha value is -1.38. The maximum Gasteiger partial charge on any atom is 0.187 e. The van der Waals surface area contributed by atoms with E-state index in [1.165, 1.54) is 0 Å². The normalized spacial score (nSPS) is 42.1. The van der Waals surface area contributed by atoms with Crippen molar-refractivity contribution < 1.29 is 54.7 Å². The molecule has 2 aliphatic rings. The van der Waals surface area contributed by atoms with Crippen LogP contribution in [0, 0.1) is 6.92 Å². The molecule has 0 spiro atoms. The fourth-order valence-corrected chi connectivity index (χ4v) is 3.37. The summed E-state index contributed by atoms with van der Waals surface area (Å²) in [6.45, 7) is 1.07. The van der Waals surface area contributed by atoms with Gasteiger partial charge in [0.05, 0.1) is 6.61 Å². The van der Waals surface area contributed by atoms with Crippen molar-refractivity contribution in [3.8, 4) is 5.75 Å². The minimum absolute atomic E-state index is 0.178. The van der Waals surface area contributed by atoms with Crippen LogP contribution in [0.3, 0.4) is 0 Å². The second kappa shape index (κ2) is 9.83. The van der Waals surface area contributed by atoms with Gasteiger partial charge in [-0.2, -0.15) is 0 Å². The zero-order chi connectivity index (χ0) is 22.0. The Morgan fingerprint density at radius 1 is 0.800 bits per heavy atom. The van der Waals surface area contributed by atoms with Gasteiger partial charge < -0.3 is 54.7 Å². The number of rotatable bonds is 6. The summed E-state index contributed by atoms with van der Waals surface area (Å²) < 4.78 is 21.6. The van der Waals surface area contributed by atoms with Crippen LogP contribution in [0.15, 0.2) is 24.3 Å². The van der Waals surface area contributed by atoms with E-state index in [9.17, 15) is 35.7 Å². The van der Waals surface area contributed by atoms with E-state index in [1.54, 1.807) is 12.1 Å². The molecular weight excluding hydrogens is 404 g/mol. The van der Waals surface area contributed by atoms with Gasteiger partial charge in [0.2, 0.25) is 0 Å². The first-order chi connectivity index (χ1) is 14.2. The third kappa shape index (κ3) is 4.92. The molecule has 2 fully saturated rings. The van der Waals surface area contributed by atoms with Gasteiger partial charge in [0.25, 0.3) is 0 Å². The molecule has 2 aliphatic heterocycles. The standard InChI is InChI=1S/C19H28O11/c1-8-2-4-9(5-3-8)27-7-11-12(21)13(22)16(25)19(29-11)30-17-10(6-20)28-18(26)15(24)14(17)23/h2-5,10-26H,6-7H2,1H3/t10-,11-,12+,13+,14-,15-,16-,17-,18+,19+/m1/s1. The van der Waals surface area contributed by atoms with E-state index in [4.69, 9.17) is 18.9 Å². The van der Waals surface area contributed by atoms with Gasteiger partial charge in [-0.25, -0.2) is 0 Å². The molecule has 3 rings (SSSR count). The van der Waals surface area contributed by atoms with Gasteiger partial charge in [0.15, 0.2) is 12.6 Å². The van der Waals surface area contributed by atoms with Crippen LogP contribution in [-0.2, 0) is 14.2 Å². The van der Waals surface area contributed by atoms with Gasteiger partial charge in [-0.1, -0.05) is 17.7 Å². The summed E-state index contributed by atoms with van der Waals surface area (Å²) in [4.78, 5) is 0. The second-order valence-corrected chi connectivity index (χ2v) is 7.47. The highest BCUT2D eigenvalue weighted by atomic mass is 16.7. The molecular formula is C19H28O11. The van der Waals surface area contributed by atoms with Crippen molar-refractivity contribution in [2.75, 3.05) is 13.2 Å². The highest BCUT2D eigenvalue weighted by molar-refractivity contribution is 5.26. The van der Waals surface area contributed by atoms with Crippen LogP contribution in [0.1, 0.15) is 5.56 Å². The quantitative estimate of drug-likeness (QED) is 0.244. The third-order valence-electron chi connectivity index (χ3n) is 5.23. The Labute approximate surface area is 172 Å². The molecule has 11 nitrogen and oxygen atoms in total. The van der Waals surface area contributed by atoms with Gasteiger partial charge in [0, 0.05) is 0 Å². The van der Waals surface area contributed by atoms with Crippen molar-refractivity contribution in [3.63, 3.8) is 0 Å². The number of ether oxygens (including phenoxy) is 4. The molecule has 1 aromatic carbocycles. The lowest BCUT2D eigenvalue weighted by atomic mass is 9.97. The first kappa shape index (κ1) is 23.3. The predicted molar refractivity (Wildman–Crippen MR) is 98.2 cm³/mol. The Kier molecular flexibility index (Phi) is 7.63. The Bertz CT molecular complexity index is 669. The molecule has 30 heavy (non-hydrogen) atoms. The fourth-order valence-electron chi connectivity index (χ4n) is 3.37. The second-order valence-electron chi connectivity index (χ2n) is 7.47. The van der Waals surface area contributed by atoms with Crippen molar-refractivity contribution in [3.05, 3.63) is 29.8 Å². The van der Waals surface area contributed by atoms with Crippen LogP contribution in [0.2, 0.25) is 0 Å². The van der Waals surface area contributed by atoms with Crippen LogP contribution in [0.4, 0.5) is 0 Å². The first-order valence-corrected chi connectivity index (χ1v) is 9.58. The first-order valence-electron chi connectivity index (χ1n) is 9.58. The molecule has 7 N–H and O–H groups in total. The predicted octanol–water partition coefficient (Wildman–Crippen LogP) is -3.00. The molecule has 0 bridgehead atoms. The highest BCUT2D eigenvalue weighted by Gasteiger charge is 2.50. The minimum Gasteiger partial charge on any atom is -0.491 e. The van der Waals surface area contributed by atoms with Gasteiger partial charge in [0.1, 0.15) is 61.2 Å². The fraction of sp³-hybridized carbons (Fsp3) is 0.684. The van der Waals surface area contributed by atoms with Gasteiger partial charge in [-0.3, -0.25) is 0 Å². The van der Waals surface area contributed by atoms with Gasteiger partial charge in [-0.05, 0) is 19.1 Å². The number of aryl methyl sites for hydroxylation is 1. The topological polar surface area (TPSA) is 179 Å². The van der Waals surface area contributed by atoms with Crippen molar-refractivity contribution in [2.24, 2.45) is 0 Å². The molecule has 0 amide bonds. The summed E-state index contributed by atoms with van der Waals surface area (Å²) in [7, 11) is 0. The van der Waals surface area contributed by atoms with E-state index in [2.05, 4.69) is 0 Å². The van der Waals surface area contributed by atoms with E-state index in [1.807, 2.05) is 19.1 Å². The molecule has 2 heterocycles. The number of hydrogen-bond acceptors (Lipinski definition) is 11. The lowest BCUT2D eigenvalue weighted by Crippen LogP contribution is -2.64. The minimum atomic E-state index is -1.74. The molecule has 11 heteroatoms. The van der Waals surface area contributed by atoms with Crippen molar-refractivity contribution in [2.45, 2.75) is 68.3 Å². The van der Waals surface area contributed by atoms with E-state index in [-0.39, 0.29) is 6.61 Å². The summed E-state index contributed by atoms with van der Waals surface area (Å²) in [6.07, 6.45) is -15.3. The van der Waals surface area contributed by atoms with E-state index in [0.29, 0.717) is 5.75 Å². The lowest BCUT2D eigenvalue weighted by Gasteiger charge is -2.45. The maximum atomic E-state index is 10.2. The van der Waals surface area contributed by atoms with Crippen LogP contribution in [0.5, 0.6) is 5.75 Å². The number of aliphatic hydroxyl groups is 7. The molecule has 0 unspecified atom stereocenters. The van der Waals surface area contributed by atoms with Crippen LogP contribution < -0.4 is 4.74 Å². The molecule has 10 atom stereocenters. The zero-order valence-electron chi connectivity index (χ0n) is 16.3. The molecule has 0 radical (unpaired) electrons. The van der Waals surface area contributed by atoms with Crippen molar-refractivity contribution in [1.29, 1.82) is 0 Å². The largest absolute Gasteiger partial charge is 0.491 e. The summed E-state index contributed by atoms with van der Waals surface area (Å²) in [5.74, 6) is 0.503. The molecule has 1 aromatic rings. The summed E-state index contributed by atoms with van der Waals surface area (Å²) in [6, 6.07) is 7.10. The molecule has 2 saturated heterocycles. The average Bonchev–Trinajstić information content (AvgIpc) is 2.74. The number of benzene rings is 1. The Morgan fingerprint density at radius 2 is 1.47 bits per heavy atom. The summed E-state index contributed by atoms with van der Waals surface area (Å²) in [5.41, 5.74) is 1.03. The number of hydrogen-bond donors (Lipinski definition) is 7. The smallest absolute Gasteiger partial charge is 0.187 e. The van der Waals surface area contributed by atoms with Crippen molar-refractivity contribution >= 4 is 0 Å². The third-order valence-corrected chi connectivity index (χ3v) is 5.23. The highest BCUT2D eigenvalue weighted by Crippen LogP contribution is 2.29. The van der Waals surface area contributed by atoms with E-state index in [0.717, 1.165) is 5.56 Å². The SMILES string of the molecule is Cc1ccc(OC[C@H]2O[C@@H](O[C@H]3[C@H](O)[C@@H](O)[C@@H](O)O[C@@H]3CO)[C@H](O)[C@@H](O)[C@H]2O)cc1. The lowest BCUT2D eigenvalue weighted by molar-refractivity contribution is -0.354. The van der Waals surface area contributed by atoms with Gasteiger partial charge in [-0.15, -0.1) is 0 Å². The van der Waals surface area contributed by atoms with Crippen LogP contribution in [-0.4, -0.2) is 110 Å². The van der Waals surface area contributed by atoms with Crippen LogP contribution in [0.25, 0.3) is 0 Å². The zero-order valence-corrected chi connectivity index (χ0v) is 16.3. The Balaban J connectivity index is 1.68. The molecule has 170 valence electrons. The van der Waals surface area contributed by atoms with E-state index < -0.39 is 68.0 Å². The van der Waals surface area contributed by atoms with Gasteiger partial charge >= 0.3 is 0 Å². The van der Waals surface area contributed by atoms with E-state index >= 15 is 0 Å². The average molecular weight is 432 g/mol. The molecule has 0 saturated carbocycles. The molecule has 0 aliphatic carbocycles.